The maximum atomic E-state index is 13.3. The molecule has 0 aromatic rings. The van der Waals surface area contributed by atoms with Crippen LogP contribution in [-0.2, 0) is 19.6 Å². The topological polar surface area (TPSA) is 80.7 Å². The molecule has 2 bridgehead atoms. The summed E-state index contributed by atoms with van der Waals surface area (Å²) in [7, 11) is -6.40. The number of halogens is 5. The van der Waals surface area contributed by atoms with Crippen molar-refractivity contribution in [3.8, 4) is 0 Å². The molecule has 0 heterocycles. The molecule has 0 aliphatic heterocycles. The molecule has 0 aromatic carbocycles. The van der Waals surface area contributed by atoms with Gasteiger partial charge in [-0.2, -0.15) is 30.4 Å². The third kappa shape index (κ3) is 3.76. The first kappa shape index (κ1) is 18.4. The lowest BCUT2D eigenvalue weighted by molar-refractivity contribution is -0.259. The second kappa shape index (κ2) is 5.83. The Morgan fingerprint density at radius 1 is 1.17 bits per heavy atom. The van der Waals surface area contributed by atoms with Gasteiger partial charge in [0.2, 0.25) is 0 Å². The Balaban J connectivity index is 2.08. The smallest absolute Gasteiger partial charge is 0.432 e. The van der Waals surface area contributed by atoms with Crippen molar-refractivity contribution in [3.05, 3.63) is 0 Å². The van der Waals surface area contributed by atoms with Crippen molar-refractivity contribution in [1.29, 1.82) is 0 Å². The highest BCUT2D eigenvalue weighted by Crippen LogP contribution is 2.50. The molecule has 2 rings (SSSR count). The van der Waals surface area contributed by atoms with E-state index >= 15 is 0 Å². The zero-order valence-electron chi connectivity index (χ0n) is 11.7. The zero-order valence-corrected chi connectivity index (χ0v) is 12.5. The van der Waals surface area contributed by atoms with Gasteiger partial charge in [0.1, 0.15) is 0 Å². The van der Waals surface area contributed by atoms with Crippen LogP contribution in [0.4, 0.5) is 22.0 Å². The van der Waals surface area contributed by atoms with Crippen molar-refractivity contribution in [2.24, 2.45) is 17.8 Å². The Morgan fingerprint density at radius 2 is 1.78 bits per heavy atom. The first-order valence-electron chi connectivity index (χ1n) is 6.93. The number of carbonyl (C=O) groups is 1. The van der Waals surface area contributed by atoms with Crippen molar-refractivity contribution >= 4 is 16.1 Å². The van der Waals surface area contributed by atoms with Crippen molar-refractivity contribution in [1.82, 2.24) is 0 Å². The second-order valence-electron chi connectivity index (χ2n) is 6.09. The summed E-state index contributed by atoms with van der Waals surface area (Å²) in [6, 6.07) is 0. The molecule has 4 atom stereocenters. The van der Waals surface area contributed by atoms with Crippen LogP contribution in [0.3, 0.4) is 0 Å². The minimum Gasteiger partial charge on any atom is -0.445 e. The summed E-state index contributed by atoms with van der Waals surface area (Å²) in [5.41, 5.74) is 0. The molecule has 134 valence electrons. The number of carbonyl (C=O) groups excluding carboxylic acids is 1. The first-order valence-corrected chi connectivity index (χ1v) is 8.37. The molecular weight excluding hydrogens is 351 g/mol. The van der Waals surface area contributed by atoms with Gasteiger partial charge in [0.15, 0.2) is 0 Å². The standard InChI is InChI=1S/C12H15F5O5S/c13-11(14,15)10(12(16,17)23(19,20)21)22-9(18)5-8-4-6-1-2-7(8)3-6/h6-8,10H,1-5H2,(H,19,20,21). The Hall–Kier alpha value is -0.970. The SMILES string of the molecule is O=C(CC1CC2CCC1C2)OC(C(F)(F)F)C(F)(F)S(=O)(=O)O. The number of hydrogen-bond acceptors (Lipinski definition) is 4. The van der Waals surface area contributed by atoms with E-state index in [9.17, 15) is 35.2 Å². The van der Waals surface area contributed by atoms with E-state index < -0.39 is 40.0 Å². The predicted molar refractivity (Wildman–Crippen MR) is 66.0 cm³/mol. The van der Waals surface area contributed by atoms with E-state index in [1.165, 1.54) is 0 Å². The van der Waals surface area contributed by atoms with Crippen LogP contribution in [-0.4, -0.2) is 36.5 Å². The molecule has 2 aliphatic rings. The van der Waals surface area contributed by atoms with Gasteiger partial charge in [-0.15, -0.1) is 0 Å². The van der Waals surface area contributed by atoms with E-state index in [1.54, 1.807) is 0 Å². The van der Waals surface area contributed by atoms with Gasteiger partial charge in [0, 0.05) is 6.42 Å². The fourth-order valence-electron chi connectivity index (χ4n) is 3.48. The summed E-state index contributed by atoms with van der Waals surface area (Å²) >= 11 is 0. The first-order chi connectivity index (χ1) is 10.3. The molecule has 2 saturated carbocycles. The number of esters is 1. The monoisotopic (exact) mass is 366 g/mol. The number of alkyl halides is 5. The molecule has 0 amide bonds. The fourth-order valence-corrected chi connectivity index (χ4v) is 3.93. The Morgan fingerprint density at radius 3 is 2.17 bits per heavy atom. The van der Waals surface area contributed by atoms with Gasteiger partial charge in [-0.3, -0.25) is 9.35 Å². The van der Waals surface area contributed by atoms with Crippen LogP contribution in [0.15, 0.2) is 0 Å². The van der Waals surface area contributed by atoms with Crippen LogP contribution in [0.25, 0.3) is 0 Å². The maximum absolute atomic E-state index is 13.3. The van der Waals surface area contributed by atoms with Gasteiger partial charge in [0.25, 0.3) is 6.10 Å². The summed E-state index contributed by atoms with van der Waals surface area (Å²) in [5.74, 6) is -1.25. The third-order valence-electron chi connectivity index (χ3n) is 4.51. The molecule has 2 fully saturated rings. The van der Waals surface area contributed by atoms with E-state index in [4.69, 9.17) is 4.55 Å². The van der Waals surface area contributed by atoms with E-state index in [-0.39, 0.29) is 11.8 Å². The highest BCUT2D eigenvalue weighted by molar-refractivity contribution is 7.86. The highest BCUT2D eigenvalue weighted by atomic mass is 32.2. The average molecular weight is 366 g/mol. The van der Waals surface area contributed by atoms with Crippen LogP contribution in [0.2, 0.25) is 0 Å². The summed E-state index contributed by atoms with van der Waals surface area (Å²) < 4.78 is 97.5. The van der Waals surface area contributed by atoms with Crippen LogP contribution < -0.4 is 0 Å². The average Bonchev–Trinajstić information content (AvgIpc) is 2.95. The van der Waals surface area contributed by atoms with Crippen LogP contribution >= 0.6 is 0 Å². The quantitative estimate of drug-likeness (QED) is 0.460. The number of fused-ring (bicyclic) bond motifs is 2. The molecule has 1 N–H and O–H groups in total. The van der Waals surface area contributed by atoms with Gasteiger partial charge in [-0.25, -0.2) is 0 Å². The number of ether oxygens (including phenoxy) is 1. The van der Waals surface area contributed by atoms with Crippen molar-refractivity contribution in [3.63, 3.8) is 0 Å². The molecule has 5 nitrogen and oxygen atoms in total. The Bertz CT molecular complexity index is 573. The lowest BCUT2D eigenvalue weighted by Crippen LogP contribution is -2.52. The van der Waals surface area contributed by atoms with Crippen molar-refractivity contribution in [2.45, 2.75) is 49.6 Å². The molecule has 0 radical (unpaired) electrons. The highest BCUT2D eigenvalue weighted by Gasteiger charge is 2.66. The minimum absolute atomic E-state index is 0.152. The minimum atomic E-state index is -6.40. The fraction of sp³-hybridized carbons (Fsp3) is 0.917. The lowest BCUT2D eigenvalue weighted by Gasteiger charge is -2.27. The Labute approximate surface area is 128 Å². The molecule has 11 heteroatoms. The number of rotatable bonds is 5. The van der Waals surface area contributed by atoms with Crippen LogP contribution in [0, 0.1) is 17.8 Å². The zero-order chi connectivity index (χ0) is 17.6. The largest absolute Gasteiger partial charge is 0.445 e. The molecular formula is C12H15F5O5S. The van der Waals surface area contributed by atoms with Gasteiger partial charge in [-0.05, 0) is 37.0 Å². The molecule has 4 unspecified atom stereocenters. The van der Waals surface area contributed by atoms with E-state index in [1.807, 2.05) is 0 Å². The molecule has 23 heavy (non-hydrogen) atoms. The van der Waals surface area contributed by atoms with Crippen LogP contribution in [0.1, 0.15) is 32.1 Å². The van der Waals surface area contributed by atoms with Gasteiger partial charge < -0.3 is 4.74 Å². The summed E-state index contributed by atoms with van der Waals surface area (Å²) in [6.07, 6.45) is -7.29. The van der Waals surface area contributed by atoms with E-state index in [0.717, 1.165) is 19.3 Å². The van der Waals surface area contributed by atoms with E-state index in [0.29, 0.717) is 12.3 Å². The van der Waals surface area contributed by atoms with Gasteiger partial charge in [-0.1, -0.05) is 6.42 Å². The Kier molecular flexibility index (Phi) is 4.66. The van der Waals surface area contributed by atoms with E-state index in [2.05, 4.69) is 4.74 Å². The molecule has 2 aliphatic carbocycles. The lowest BCUT2D eigenvalue weighted by atomic mass is 9.86. The third-order valence-corrected chi connectivity index (χ3v) is 5.41. The maximum Gasteiger partial charge on any atom is 0.432 e. The van der Waals surface area contributed by atoms with Crippen molar-refractivity contribution in [2.75, 3.05) is 0 Å². The predicted octanol–water partition coefficient (Wildman–Crippen LogP) is 2.77. The summed E-state index contributed by atoms with van der Waals surface area (Å²) in [4.78, 5) is 11.6. The van der Waals surface area contributed by atoms with Crippen LogP contribution in [0.5, 0.6) is 0 Å². The van der Waals surface area contributed by atoms with Crippen molar-refractivity contribution < 1.29 is 44.5 Å². The van der Waals surface area contributed by atoms with Gasteiger partial charge in [0.05, 0.1) is 0 Å². The normalized spacial score (nSPS) is 29.6. The number of hydrogen-bond donors (Lipinski definition) is 1. The summed E-state index contributed by atoms with van der Waals surface area (Å²) in [6.45, 7) is 0. The molecule has 0 aromatic heterocycles. The molecule has 0 saturated heterocycles. The summed E-state index contributed by atoms with van der Waals surface area (Å²) in [5, 5.41) is -5.67. The second-order valence-corrected chi connectivity index (χ2v) is 7.58. The molecule has 0 spiro atoms. The van der Waals surface area contributed by atoms with Gasteiger partial charge >= 0.3 is 27.5 Å².